The summed E-state index contributed by atoms with van der Waals surface area (Å²) in [4.78, 5) is 0. The molecule has 1 aromatic heterocycles. The Morgan fingerprint density at radius 2 is 2.00 bits per heavy atom. The van der Waals surface area contributed by atoms with Gasteiger partial charge in [-0.1, -0.05) is 5.21 Å². The molecule has 4 atom stereocenters. The molecule has 1 saturated heterocycles. The van der Waals surface area contributed by atoms with Gasteiger partial charge in [0.05, 0.1) is 12.8 Å². The van der Waals surface area contributed by atoms with E-state index in [2.05, 4.69) is 10.3 Å². The normalized spacial score (nSPS) is 26.8. The van der Waals surface area contributed by atoms with Crippen molar-refractivity contribution in [1.29, 1.82) is 0 Å². The van der Waals surface area contributed by atoms with Crippen molar-refractivity contribution in [2.75, 3.05) is 20.0 Å². The second-order valence-corrected chi connectivity index (χ2v) is 6.47. The van der Waals surface area contributed by atoms with Gasteiger partial charge in [0, 0.05) is 12.7 Å². The number of thioether (sulfide) groups is 1. The van der Waals surface area contributed by atoms with Gasteiger partial charge in [0.1, 0.15) is 29.4 Å². The molecule has 2 aromatic rings. The minimum Gasteiger partial charge on any atom is -0.388 e. The Morgan fingerprint density at radius 1 is 1.32 bits per heavy atom. The summed E-state index contributed by atoms with van der Waals surface area (Å²) in [5, 5.41) is 18.1. The van der Waals surface area contributed by atoms with Crippen LogP contribution < -0.4 is 0 Å². The Morgan fingerprint density at radius 3 is 2.60 bits per heavy atom. The molecule has 6 nitrogen and oxygen atoms in total. The van der Waals surface area contributed by atoms with Crippen LogP contribution in [0.25, 0.3) is 11.3 Å². The van der Waals surface area contributed by atoms with E-state index in [0.29, 0.717) is 0 Å². The number of aliphatic hydroxyl groups is 1. The quantitative estimate of drug-likeness (QED) is 0.825. The molecule has 2 heterocycles. The van der Waals surface area contributed by atoms with Crippen molar-refractivity contribution in [2.45, 2.75) is 23.7 Å². The maximum Gasteiger partial charge on any atom is 0.194 e. The fourth-order valence-corrected chi connectivity index (χ4v) is 3.56. The van der Waals surface area contributed by atoms with Crippen molar-refractivity contribution < 1.29 is 27.8 Å². The van der Waals surface area contributed by atoms with E-state index in [1.54, 1.807) is 0 Å². The second kappa shape index (κ2) is 7.32. The minimum atomic E-state index is -1.54. The van der Waals surface area contributed by atoms with Gasteiger partial charge >= 0.3 is 0 Å². The summed E-state index contributed by atoms with van der Waals surface area (Å²) in [6.45, 7) is 0.0883. The molecule has 0 saturated carbocycles. The fraction of sp³-hybridized carbons (Fsp3) is 0.467. The standard InChI is InChI=1S/C15H16F3N3O3S/c1-23-14-13(11(22)6-24-15(14)25-2)21-5-10(19-20-21)7-3-8(16)12(18)9(17)4-7/h3-5,11,13-15,22H,6H2,1-2H3. The van der Waals surface area contributed by atoms with Gasteiger partial charge in [0.2, 0.25) is 0 Å². The SMILES string of the molecule is COC1C(SC)OCC(O)C1n1cc(-c2cc(F)c(F)c(F)c2)nn1. The Balaban J connectivity index is 1.94. The van der Waals surface area contributed by atoms with E-state index in [4.69, 9.17) is 9.47 Å². The zero-order chi connectivity index (χ0) is 18.1. The first-order valence-electron chi connectivity index (χ1n) is 7.38. The predicted octanol–water partition coefficient (Wildman–Crippen LogP) is 2.00. The molecule has 4 unspecified atom stereocenters. The van der Waals surface area contributed by atoms with Crippen LogP contribution in [0.1, 0.15) is 6.04 Å². The van der Waals surface area contributed by atoms with Crippen molar-refractivity contribution in [1.82, 2.24) is 15.0 Å². The molecule has 1 aromatic carbocycles. The van der Waals surface area contributed by atoms with Crippen LogP contribution in [0.3, 0.4) is 0 Å². The summed E-state index contributed by atoms with van der Waals surface area (Å²) in [5.74, 6) is -4.17. The first-order chi connectivity index (χ1) is 12.0. The molecule has 0 radical (unpaired) electrons. The number of aromatic nitrogens is 3. The molecular formula is C15H16F3N3O3S. The second-order valence-electron chi connectivity index (χ2n) is 5.53. The van der Waals surface area contributed by atoms with Crippen LogP contribution >= 0.6 is 11.8 Å². The van der Waals surface area contributed by atoms with Gasteiger partial charge < -0.3 is 14.6 Å². The molecule has 0 spiro atoms. The maximum absolute atomic E-state index is 13.4. The van der Waals surface area contributed by atoms with Gasteiger partial charge in [-0.3, -0.25) is 0 Å². The average Bonchev–Trinajstić information content (AvgIpc) is 3.08. The number of methoxy groups -OCH3 is 1. The zero-order valence-corrected chi connectivity index (χ0v) is 14.2. The Bertz CT molecular complexity index is 738. The van der Waals surface area contributed by atoms with E-state index in [1.165, 1.54) is 29.8 Å². The van der Waals surface area contributed by atoms with Crippen LogP contribution in [0.5, 0.6) is 0 Å². The maximum atomic E-state index is 13.4. The monoisotopic (exact) mass is 375 g/mol. The third-order valence-electron chi connectivity index (χ3n) is 4.03. The van der Waals surface area contributed by atoms with Crippen molar-refractivity contribution in [3.63, 3.8) is 0 Å². The van der Waals surface area contributed by atoms with E-state index in [9.17, 15) is 18.3 Å². The Hall–Kier alpha value is -1.62. The van der Waals surface area contributed by atoms with E-state index in [-0.39, 0.29) is 23.3 Å². The third-order valence-corrected chi connectivity index (χ3v) is 4.90. The number of ether oxygens (including phenoxy) is 2. The fourth-order valence-electron chi connectivity index (χ4n) is 2.80. The predicted molar refractivity (Wildman–Crippen MR) is 84.4 cm³/mol. The first kappa shape index (κ1) is 18.2. The molecule has 0 bridgehead atoms. The van der Waals surface area contributed by atoms with Crippen LogP contribution in [0.4, 0.5) is 13.2 Å². The molecule has 25 heavy (non-hydrogen) atoms. The van der Waals surface area contributed by atoms with E-state index in [1.807, 2.05) is 6.26 Å². The number of nitrogens with zero attached hydrogens (tertiary/aromatic N) is 3. The average molecular weight is 375 g/mol. The van der Waals surface area contributed by atoms with Crippen molar-refractivity contribution in [2.24, 2.45) is 0 Å². The molecular weight excluding hydrogens is 359 g/mol. The number of hydrogen-bond acceptors (Lipinski definition) is 6. The molecule has 1 fully saturated rings. The summed E-state index contributed by atoms with van der Waals surface area (Å²) < 4.78 is 52.3. The van der Waals surface area contributed by atoms with Gasteiger partial charge in [0.15, 0.2) is 17.5 Å². The summed E-state index contributed by atoms with van der Waals surface area (Å²) in [6, 6.07) is 1.09. The highest BCUT2D eigenvalue weighted by molar-refractivity contribution is 7.99. The minimum absolute atomic E-state index is 0.0413. The summed E-state index contributed by atoms with van der Waals surface area (Å²) >= 11 is 1.43. The molecule has 10 heteroatoms. The molecule has 1 N–H and O–H groups in total. The van der Waals surface area contributed by atoms with Crippen LogP contribution in [-0.4, -0.2) is 57.7 Å². The third kappa shape index (κ3) is 3.39. The first-order valence-corrected chi connectivity index (χ1v) is 8.67. The highest BCUT2D eigenvalue weighted by Crippen LogP contribution is 2.33. The molecule has 3 rings (SSSR count). The van der Waals surface area contributed by atoms with Crippen LogP contribution in [0.15, 0.2) is 18.3 Å². The number of hydrogen-bond donors (Lipinski definition) is 1. The van der Waals surface area contributed by atoms with Gasteiger partial charge in [-0.05, 0) is 18.4 Å². The topological polar surface area (TPSA) is 69.4 Å². The molecule has 0 amide bonds. The van der Waals surface area contributed by atoms with Crippen molar-refractivity contribution in [3.05, 3.63) is 35.8 Å². The smallest absolute Gasteiger partial charge is 0.194 e. The number of halogens is 3. The summed E-state index contributed by atoms with van der Waals surface area (Å²) in [5.41, 5.74) is -0.126. The molecule has 0 aliphatic carbocycles. The van der Waals surface area contributed by atoms with E-state index in [0.717, 1.165) is 12.1 Å². The van der Waals surface area contributed by atoms with Gasteiger partial charge in [-0.25, -0.2) is 17.9 Å². The molecule has 1 aliphatic rings. The summed E-state index contributed by atoms with van der Waals surface area (Å²) in [7, 11) is 1.49. The Kier molecular flexibility index (Phi) is 5.32. The lowest BCUT2D eigenvalue weighted by Crippen LogP contribution is -2.49. The number of benzene rings is 1. The lowest BCUT2D eigenvalue weighted by Gasteiger charge is -2.38. The highest BCUT2D eigenvalue weighted by Gasteiger charge is 2.41. The van der Waals surface area contributed by atoms with E-state index < -0.39 is 35.7 Å². The summed E-state index contributed by atoms with van der Waals surface area (Å²) in [6.07, 6.45) is 1.87. The van der Waals surface area contributed by atoms with Crippen LogP contribution in [0, 0.1) is 17.5 Å². The van der Waals surface area contributed by atoms with Gasteiger partial charge in [0.25, 0.3) is 0 Å². The molecule has 1 aliphatic heterocycles. The molecule has 136 valence electrons. The highest BCUT2D eigenvalue weighted by atomic mass is 32.2. The zero-order valence-electron chi connectivity index (χ0n) is 13.4. The van der Waals surface area contributed by atoms with Gasteiger partial charge in [-0.15, -0.1) is 16.9 Å². The van der Waals surface area contributed by atoms with Crippen molar-refractivity contribution in [3.8, 4) is 11.3 Å². The van der Waals surface area contributed by atoms with Crippen LogP contribution in [-0.2, 0) is 9.47 Å². The number of aliphatic hydroxyl groups excluding tert-OH is 1. The largest absolute Gasteiger partial charge is 0.388 e. The van der Waals surface area contributed by atoms with E-state index >= 15 is 0 Å². The van der Waals surface area contributed by atoms with Crippen molar-refractivity contribution >= 4 is 11.8 Å². The van der Waals surface area contributed by atoms with Gasteiger partial charge in [-0.2, -0.15) is 0 Å². The lowest BCUT2D eigenvalue weighted by molar-refractivity contribution is -0.136. The Labute approximate surface area is 145 Å². The number of rotatable bonds is 4. The lowest BCUT2D eigenvalue weighted by atomic mass is 10.0. The van der Waals surface area contributed by atoms with Crippen LogP contribution in [0.2, 0.25) is 0 Å².